The fraction of sp³-hybridized carbons (Fsp3) is 0.600. The molecule has 0 aliphatic heterocycles. The smallest absolute Gasteiger partial charge is 0.199 e. The Morgan fingerprint density at radius 1 is 1.33 bits per heavy atom. The minimum atomic E-state index is 0.619. The second-order valence-electron chi connectivity index (χ2n) is 4.08. The molecule has 18 heavy (non-hydrogen) atoms. The minimum Gasteiger partial charge on any atom is -0.378 e. The molecule has 8 nitrogen and oxygen atoms in total. The number of rotatable bonds is 7. The van der Waals surface area contributed by atoms with Crippen LogP contribution in [0.3, 0.4) is 0 Å². The third-order valence-corrected chi connectivity index (χ3v) is 2.34. The van der Waals surface area contributed by atoms with Crippen LogP contribution in [0.1, 0.15) is 0 Å². The van der Waals surface area contributed by atoms with Crippen LogP contribution in [-0.2, 0) is 4.74 Å². The summed E-state index contributed by atoms with van der Waals surface area (Å²) >= 11 is 0. The number of hydrogen-bond acceptors (Lipinski definition) is 7. The second-order valence-corrected chi connectivity index (χ2v) is 4.08. The molecular weight excluding hydrogens is 234 g/mol. The SMILES string of the molecule is CN(C)CCOCCNc1cncc2nnnn12. The predicted octanol–water partition coefficient (Wildman–Crippen LogP) is -0.491. The van der Waals surface area contributed by atoms with Crippen molar-refractivity contribution in [2.45, 2.75) is 0 Å². The average Bonchev–Trinajstić information content (AvgIpc) is 2.82. The van der Waals surface area contributed by atoms with Crippen LogP contribution in [0.5, 0.6) is 0 Å². The molecule has 8 heteroatoms. The minimum absolute atomic E-state index is 0.619. The molecule has 0 atom stereocenters. The lowest BCUT2D eigenvalue weighted by Crippen LogP contribution is -2.20. The monoisotopic (exact) mass is 251 g/mol. The van der Waals surface area contributed by atoms with Crippen LogP contribution < -0.4 is 5.32 Å². The summed E-state index contributed by atoms with van der Waals surface area (Å²) in [6.07, 6.45) is 3.29. The van der Waals surface area contributed by atoms with Crippen molar-refractivity contribution in [2.75, 3.05) is 45.7 Å². The molecule has 2 rings (SSSR count). The number of tetrazole rings is 1. The largest absolute Gasteiger partial charge is 0.378 e. The van der Waals surface area contributed by atoms with Crippen LogP contribution >= 0.6 is 0 Å². The van der Waals surface area contributed by atoms with Crippen molar-refractivity contribution in [3.8, 4) is 0 Å². The Kier molecular flexibility index (Phi) is 4.37. The van der Waals surface area contributed by atoms with Gasteiger partial charge in [-0.25, -0.2) is 0 Å². The lowest BCUT2D eigenvalue weighted by atomic mass is 10.5. The summed E-state index contributed by atoms with van der Waals surface area (Å²) in [4.78, 5) is 6.13. The van der Waals surface area contributed by atoms with Crippen LogP contribution in [0, 0.1) is 0 Å². The molecule has 0 saturated carbocycles. The van der Waals surface area contributed by atoms with E-state index in [9.17, 15) is 0 Å². The molecule has 98 valence electrons. The van der Waals surface area contributed by atoms with Crippen molar-refractivity contribution in [3.05, 3.63) is 12.4 Å². The summed E-state index contributed by atoms with van der Waals surface area (Å²) in [5, 5.41) is 14.4. The van der Waals surface area contributed by atoms with E-state index in [-0.39, 0.29) is 0 Å². The van der Waals surface area contributed by atoms with Crippen molar-refractivity contribution in [1.29, 1.82) is 0 Å². The van der Waals surface area contributed by atoms with Gasteiger partial charge in [-0.1, -0.05) is 0 Å². The summed E-state index contributed by atoms with van der Waals surface area (Å²) in [7, 11) is 4.04. The zero-order valence-corrected chi connectivity index (χ0v) is 10.6. The van der Waals surface area contributed by atoms with E-state index in [0.717, 1.165) is 19.0 Å². The lowest BCUT2D eigenvalue weighted by Gasteiger charge is -2.10. The molecule has 1 N–H and O–H groups in total. The van der Waals surface area contributed by atoms with Gasteiger partial charge in [0, 0.05) is 13.1 Å². The molecule has 0 bridgehead atoms. The maximum Gasteiger partial charge on any atom is 0.199 e. The fourth-order valence-corrected chi connectivity index (χ4v) is 1.40. The molecule has 0 fully saturated rings. The zero-order chi connectivity index (χ0) is 12.8. The van der Waals surface area contributed by atoms with Gasteiger partial charge in [-0.3, -0.25) is 4.98 Å². The summed E-state index contributed by atoms with van der Waals surface area (Å²) < 4.78 is 7.08. The maximum absolute atomic E-state index is 5.47. The van der Waals surface area contributed by atoms with Gasteiger partial charge in [0.15, 0.2) is 5.65 Å². The van der Waals surface area contributed by atoms with Crippen molar-refractivity contribution in [2.24, 2.45) is 0 Å². The van der Waals surface area contributed by atoms with Crippen molar-refractivity contribution >= 4 is 11.5 Å². The number of likely N-dealkylation sites (N-methyl/N-ethyl adjacent to an activating group) is 1. The van der Waals surface area contributed by atoms with E-state index in [1.807, 2.05) is 14.1 Å². The zero-order valence-electron chi connectivity index (χ0n) is 10.6. The number of nitrogens with one attached hydrogen (secondary N) is 1. The Morgan fingerprint density at radius 2 is 2.22 bits per heavy atom. The van der Waals surface area contributed by atoms with Gasteiger partial charge >= 0.3 is 0 Å². The van der Waals surface area contributed by atoms with E-state index in [0.29, 0.717) is 18.8 Å². The highest BCUT2D eigenvalue weighted by molar-refractivity contribution is 5.43. The molecule has 0 unspecified atom stereocenters. The molecule has 0 aliphatic carbocycles. The van der Waals surface area contributed by atoms with Crippen LogP contribution in [0.2, 0.25) is 0 Å². The van der Waals surface area contributed by atoms with Gasteiger partial charge < -0.3 is 15.0 Å². The van der Waals surface area contributed by atoms with Crippen molar-refractivity contribution in [3.63, 3.8) is 0 Å². The van der Waals surface area contributed by atoms with Gasteiger partial charge in [0.25, 0.3) is 0 Å². The van der Waals surface area contributed by atoms with E-state index in [2.05, 4.69) is 30.7 Å². The van der Waals surface area contributed by atoms with E-state index in [4.69, 9.17) is 4.74 Å². The molecule has 0 aliphatic rings. The normalized spacial score (nSPS) is 11.3. The Bertz CT molecular complexity index is 484. The van der Waals surface area contributed by atoms with E-state index in [1.165, 1.54) is 0 Å². The quantitative estimate of drug-likeness (QED) is 0.665. The van der Waals surface area contributed by atoms with E-state index >= 15 is 0 Å². The topological polar surface area (TPSA) is 80.5 Å². The summed E-state index contributed by atoms with van der Waals surface area (Å²) in [5.41, 5.74) is 0.619. The molecule has 2 aromatic heterocycles. The summed E-state index contributed by atoms with van der Waals surface area (Å²) in [5.74, 6) is 0.758. The number of fused-ring (bicyclic) bond motifs is 1. The van der Waals surface area contributed by atoms with Crippen molar-refractivity contribution < 1.29 is 4.74 Å². The fourth-order valence-electron chi connectivity index (χ4n) is 1.40. The van der Waals surface area contributed by atoms with Gasteiger partial charge in [-0.15, -0.1) is 5.10 Å². The standard InChI is InChI=1S/C10H17N7O/c1-16(2)4-6-18-5-3-12-9-7-11-8-10-13-14-15-17(9)10/h7-8,12H,3-6H2,1-2H3. The number of anilines is 1. The first-order chi connectivity index (χ1) is 8.77. The van der Waals surface area contributed by atoms with Gasteiger partial charge in [0.05, 0.1) is 25.6 Å². The third-order valence-electron chi connectivity index (χ3n) is 2.34. The number of hydrogen-bond donors (Lipinski definition) is 1. The maximum atomic E-state index is 5.47. The molecule has 0 aromatic carbocycles. The number of nitrogens with zero attached hydrogens (tertiary/aromatic N) is 6. The van der Waals surface area contributed by atoms with Crippen LogP contribution in [0.25, 0.3) is 5.65 Å². The molecule has 0 amide bonds. The van der Waals surface area contributed by atoms with E-state index < -0.39 is 0 Å². The Labute approximate surface area is 105 Å². The second kappa shape index (κ2) is 6.22. The van der Waals surface area contributed by atoms with Gasteiger partial charge in [0.2, 0.25) is 0 Å². The molecule has 0 radical (unpaired) electrons. The highest BCUT2D eigenvalue weighted by Gasteiger charge is 2.02. The third kappa shape index (κ3) is 3.34. The average molecular weight is 251 g/mol. The molecule has 2 aromatic rings. The number of ether oxygens (including phenoxy) is 1. The molecule has 0 saturated heterocycles. The summed E-state index contributed by atoms with van der Waals surface area (Å²) in [6, 6.07) is 0. The van der Waals surface area contributed by atoms with E-state index in [1.54, 1.807) is 16.9 Å². The Balaban J connectivity index is 1.75. The Morgan fingerprint density at radius 3 is 3.06 bits per heavy atom. The van der Waals surface area contributed by atoms with Gasteiger partial charge in [-0.05, 0) is 24.5 Å². The molecular formula is C10H17N7O. The van der Waals surface area contributed by atoms with Crippen LogP contribution in [0.4, 0.5) is 5.82 Å². The highest BCUT2D eigenvalue weighted by atomic mass is 16.5. The van der Waals surface area contributed by atoms with Crippen LogP contribution in [-0.4, -0.2) is 70.3 Å². The Hall–Kier alpha value is -1.80. The molecule has 2 heterocycles. The highest BCUT2D eigenvalue weighted by Crippen LogP contribution is 2.04. The van der Waals surface area contributed by atoms with Crippen molar-refractivity contribution in [1.82, 2.24) is 29.9 Å². The number of aromatic nitrogens is 5. The summed E-state index contributed by atoms with van der Waals surface area (Å²) in [6.45, 7) is 2.96. The van der Waals surface area contributed by atoms with Gasteiger partial charge in [0.1, 0.15) is 5.82 Å². The first kappa shape index (κ1) is 12.7. The predicted molar refractivity (Wildman–Crippen MR) is 66.4 cm³/mol. The van der Waals surface area contributed by atoms with Crippen LogP contribution in [0.15, 0.2) is 12.4 Å². The lowest BCUT2D eigenvalue weighted by molar-refractivity contribution is 0.126. The first-order valence-electron chi connectivity index (χ1n) is 5.76. The first-order valence-corrected chi connectivity index (χ1v) is 5.76. The molecule has 0 spiro atoms. The van der Waals surface area contributed by atoms with Gasteiger partial charge in [-0.2, -0.15) is 4.52 Å².